The summed E-state index contributed by atoms with van der Waals surface area (Å²) in [5.74, 6) is 1.40. The van der Waals surface area contributed by atoms with Gasteiger partial charge in [-0.1, -0.05) is 49.2 Å². The zero-order valence-corrected chi connectivity index (χ0v) is 16.5. The smallest absolute Gasteiger partial charge is 0.248 e. The number of hydrogen-bond donors (Lipinski definition) is 1. The molecule has 0 atom stereocenters. The summed E-state index contributed by atoms with van der Waals surface area (Å²) in [5.41, 5.74) is 2.73. The Hall–Kier alpha value is -2.49. The Morgan fingerprint density at radius 2 is 1.78 bits per heavy atom. The Labute approximate surface area is 168 Å². The minimum Gasteiger partial charge on any atom is -0.457 e. The van der Waals surface area contributed by atoms with Crippen LogP contribution in [0.4, 0.5) is 5.69 Å². The van der Waals surface area contributed by atoms with E-state index in [0.717, 1.165) is 11.3 Å². The maximum absolute atomic E-state index is 12.1. The summed E-state index contributed by atoms with van der Waals surface area (Å²) in [6, 6.07) is 16.6. The number of furan rings is 1. The van der Waals surface area contributed by atoms with Crippen LogP contribution in [-0.4, -0.2) is 5.91 Å². The van der Waals surface area contributed by atoms with Gasteiger partial charge in [0.1, 0.15) is 11.5 Å². The maximum Gasteiger partial charge on any atom is 0.248 e. The molecule has 0 bridgehead atoms. The van der Waals surface area contributed by atoms with Crippen LogP contribution in [-0.2, 0) is 4.79 Å². The van der Waals surface area contributed by atoms with Gasteiger partial charge in [-0.25, -0.2) is 0 Å². The van der Waals surface area contributed by atoms with Crippen LogP contribution in [0.2, 0.25) is 10.0 Å². The molecule has 0 saturated carbocycles. The zero-order valence-electron chi connectivity index (χ0n) is 15.0. The molecule has 3 aromatic rings. The molecule has 1 N–H and O–H groups in total. The van der Waals surface area contributed by atoms with Gasteiger partial charge in [-0.05, 0) is 60.0 Å². The Bertz CT molecular complexity index is 972. The van der Waals surface area contributed by atoms with Gasteiger partial charge in [0.15, 0.2) is 0 Å². The summed E-state index contributed by atoms with van der Waals surface area (Å²) in [4.78, 5) is 12.1. The average molecular weight is 400 g/mol. The Morgan fingerprint density at radius 3 is 2.44 bits per heavy atom. The average Bonchev–Trinajstić information content (AvgIpc) is 3.09. The van der Waals surface area contributed by atoms with E-state index in [2.05, 4.69) is 19.2 Å². The normalized spacial score (nSPS) is 11.3. The largest absolute Gasteiger partial charge is 0.457 e. The number of benzene rings is 2. The fourth-order valence-corrected chi connectivity index (χ4v) is 3.07. The number of halogens is 2. The van der Waals surface area contributed by atoms with E-state index in [0.29, 0.717) is 27.5 Å². The first-order valence-corrected chi connectivity index (χ1v) is 9.32. The number of carbonyl (C=O) groups excluding carboxylic acids is 1. The first-order valence-electron chi connectivity index (χ1n) is 8.56. The summed E-state index contributed by atoms with van der Waals surface area (Å²) in [6.45, 7) is 4.26. The van der Waals surface area contributed by atoms with Crippen molar-refractivity contribution in [3.8, 4) is 11.3 Å². The number of hydrogen-bond acceptors (Lipinski definition) is 2. The minimum absolute atomic E-state index is 0.227. The van der Waals surface area contributed by atoms with E-state index in [1.807, 2.05) is 24.3 Å². The molecule has 2 aromatic carbocycles. The lowest BCUT2D eigenvalue weighted by Crippen LogP contribution is -2.07. The lowest BCUT2D eigenvalue weighted by atomic mass is 10.0. The summed E-state index contributed by atoms with van der Waals surface area (Å²) < 4.78 is 5.74. The molecule has 5 heteroatoms. The van der Waals surface area contributed by atoms with Gasteiger partial charge in [0, 0.05) is 22.3 Å². The van der Waals surface area contributed by atoms with Crippen molar-refractivity contribution in [3.63, 3.8) is 0 Å². The standard InChI is InChI=1S/C22H19Cl2NO2/c1-14(2)15-3-6-17(7-4-15)25-22(26)12-9-18-8-11-21(27-18)19-10-5-16(23)13-20(19)24/h3-14H,1-2H3,(H,25,26)/b12-9+. The third-order valence-electron chi connectivity index (χ3n) is 4.07. The van der Waals surface area contributed by atoms with Crippen molar-refractivity contribution >= 4 is 40.9 Å². The molecule has 1 heterocycles. The predicted molar refractivity (Wildman–Crippen MR) is 112 cm³/mol. The van der Waals surface area contributed by atoms with Gasteiger partial charge in [-0.15, -0.1) is 0 Å². The second-order valence-electron chi connectivity index (χ2n) is 6.43. The zero-order chi connectivity index (χ0) is 19.4. The first-order chi connectivity index (χ1) is 12.9. The molecule has 0 spiro atoms. The highest BCUT2D eigenvalue weighted by atomic mass is 35.5. The van der Waals surface area contributed by atoms with Gasteiger partial charge >= 0.3 is 0 Å². The van der Waals surface area contributed by atoms with Crippen LogP contribution < -0.4 is 5.32 Å². The summed E-state index contributed by atoms with van der Waals surface area (Å²) >= 11 is 12.1. The minimum atomic E-state index is -0.227. The van der Waals surface area contributed by atoms with Crippen molar-refractivity contribution < 1.29 is 9.21 Å². The van der Waals surface area contributed by atoms with Crippen molar-refractivity contribution in [1.82, 2.24) is 0 Å². The molecule has 0 unspecified atom stereocenters. The Morgan fingerprint density at radius 1 is 1.04 bits per heavy atom. The second-order valence-corrected chi connectivity index (χ2v) is 7.27. The molecule has 0 aliphatic carbocycles. The highest BCUT2D eigenvalue weighted by Crippen LogP contribution is 2.31. The summed E-state index contributed by atoms with van der Waals surface area (Å²) in [6.07, 6.45) is 3.05. The molecule has 138 valence electrons. The highest BCUT2D eigenvalue weighted by molar-refractivity contribution is 6.36. The lowest BCUT2D eigenvalue weighted by Gasteiger charge is -2.07. The van der Waals surface area contributed by atoms with Crippen molar-refractivity contribution in [3.05, 3.63) is 82.0 Å². The van der Waals surface area contributed by atoms with Crippen molar-refractivity contribution in [2.45, 2.75) is 19.8 Å². The molecule has 3 nitrogen and oxygen atoms in total. The van der Waals surface area contributed by atoms with E-state index >= 15 is 0 Å². The molecule has 1 aromatic heterocycles. The van der Waals surface area contributed by atoms with Crippen LogP contribution in [0.5, 0.6) is 0 Å². The van der Waals surface area contributed by atoms with Crippen LogP contribution in [0.25, 0.3) is 17.4 Å². The fourth-order valence-electron chi connectivity index (χ4n) is 2.57. The third-order valence-corrected chi connectivity index (χ3v) is 4.62. The maximum atomic E-state index is 12.1. The fraction of sp³-hybridized carbons (Fsp3) is 0.136. The van der Waals surface area contributed by atoms with Gasteiger partial charge in [-0.2, -0.15) is 0 Å². The molecule has 0 aliphatic rings. The van der Waals surface area contributed by atoms with Crippen molar-refractivity contribution in [1.29, 1.82) is 0 Å². The quantitative estimate of drug-likeness (QED) is 0.467. The molecule has 1 amide bonds. The number of rotatable bonds is 5. The lowest BCUT2D eigenvalue weighted by molar-refractivity contribution is -0.111. The monoisotopic (exact) mass is 399 g/mol. The number of anilines is 1. The van der Waals surface area contributed by atoms with E-state index < -0.39 is 0 Å². The van der Waals surface area contributed by atoms with Gasteiger partial charge < -0.3 is 9.73 Å². The van der Waals surface area contributed by atoms with E-state index in [1.165, 1.54) is 11.6 Å². The van der Waals surface area contributed by atoms with Crippen LogP contribution in [0.1, 0.15) is 31.1 Å². The molecule has 0 radical (unpaired) electrons. The van der Waals surface area contributed by atoms with Crippen molar-refractivity contribution in [2.75, 3.05) is 5.32 Å². The Balaban J connectivity index is 1.65. The second kappa shape index (κ2) is 8.47. The first kappa shape index (κ1) is 19.3. The van der Waals surface area contributed by atoms with Crippen LogP contribution in [0, 0.1) is 0 Å². The van der Waals surface area contributed by atoms with Crippen LogP contribution in [0.15, 0.2) is 65.1 Å². The van der Waals surface area contributed by atoms with E-state index in [4.69, 9.17) is 27.6 Å². The van der Waals surface area contributed by atoms with Gasteiger partial charge in [0.2, 0.25) is 5.91 Å². The van der Waals surface area contributed by atoms with E-state index in [-0.39, 0.29) is 5.91 Å². The third kappa shape index (κ3) is 5.03. The van der Waals surface area contributed by atoms with Crippen LogP contribution in [0.3, 0.4) is 0 Å². The molecular formula is C22H19Cl2NO2. The molecule has 3 rings (SSSR count). The SMILES string of the molecule is CC(C)c1ccc(NC(=O)/C=C/c2ccc(-c3ccc(Cl)cc3Cl)o2)cc1. The van der Waals surface area contributed by atoms with Gasteiger partial charge in [0.25, 0.3) is 0 Å². The number of nitrogens with one attached hydrogen (secondary N) is 1. The van der Waals surface area contributed by atoms with E-state index in [9.17, 15) is 4.79 Å². The van der Waals surface area contributed by atoms with Crippen LogP contribution >= 0.6 is 23.2 Å². The molecule has 27 heavy (non-hydrogen) atoms. The van der Waals surface area contributed by atoms with E-state index in [1.54, 1.807) is 36.4 Å². The number of amides is 1. The topological polar surface area (TPSA) is 42.2 Å². The Kier molecular flexibility index (Phi) is 6.04. The molecule has 0 aliphatic heterocycles. The highest BCUT2D eigenvalue weighted by Gasteiger charge is 2.08. The van der Waals surface area contributed by atoms with Crippen molar-refractivity contribution in [2.24, 2.45) is 0 Å². The predicted octanol–water partition coefficient (Wildman–Crippen LogP) is 7.03. The van der Waals surface area contributed by atoms with Gasteiger partial charge in [0.05, 0.1) is 5.02 Å². The number of carbonyl (C=O) groups is 1. The summed E-state index contributed by atoms with van der Waals surface area (Å²) in [7, 11) is 0. The molecule has 0 fully saturated rings. The molecule has 0 saturated heterocycles. The summed E-state index contributed by atoms with van der Waals surface area (Å²) in [5, 5.41) is 3.90. The van der Waals surface area contributed by atoms with Gasteiger partial charge in [-0.3, -0.25) is 4.79 Å². The molecular weight excluding hydrogens is 381 g/mol.